The monoisotopic (exact) mass is 381 g/mol. The van der Waals surface area contributed by atoms with Crippen LogP contribution in [0.25, 0.3) is 0 Å². The van der Waals surface area contributed by atoms with Crippen molar-refractivity contribution < 1.29 is 9.13 Å². The summed E-state index contributed by atoms with van der Waals surface area (Å²) in [7, 11) is 0. The summed E-state index contributed by atoms with van der Waals surface area (Å²) in [5.74, 6) is -0.169. The van der Waals surface area contributed by atoms with Crippen LogP contribution in [0.4, 0.5) is 4.39 Å². The van der Waals surface area contributed by atoms with Gasteiger partial charge in [0, 0.05) is 18.1 Å². The van der Waals surface area contributed by atoms with E-state index in [1.54, 1.807) is 12.1 Å². The molecule has 2 N–H and O–H groups in total. The van der Waals surface area contributed by atoms with Gasteiger partial charge in [0.1, 0.15) is 5.82 Å². The van der Waals surface area contributed by atoms with Crippen molar-refractivity contribution in [1.82, 2.24) is 0 Å². The first-order chi connectivity index (χ1) is 13.5. The van der Waals surface area contributed by atoms with E-state index in [1.165, 1.54) is 29.5 Å². The predicted molar refractivity (Wildman–Crippen MR) is 112 cm³/mol. The van der Waals surface area contributed by atoms with E-state index in [-0.39, 0.29) is 22.9 Å². The van der Waals surface area contributed by atoms with Crippen molar-refractivity contribution in [1.29, 1.82) is 0 Å². The molecule has 2 fully saturated rings. The van der Waals surface area contributed by atoms with E-state index in [0.717, 1.165) is 45.1 Å². The highest BCUT2D eigenvalue weighted by atomic mass is 19.1. The molecule has 1 unspecified atom stereocenters. The molecule has 0 radical (unpaired) electrons. The second-order valence-corrected chi connectivity index (χ2v) is 9.01. The highest BCUT2D eigenvalue weighted by Crippen LogP contribution is 2.51. The zero-order chi connectivity index (χ0) is 19.6. The van der Waals surface area contributed by atoms with E-state index in [1.807, 2.05) is 12.1 Å². The molecule has 150 valence electrons. The van der Waals surface area contributed by atoms with Crippen LogP contribution in [0.5, 0.6) is 0 Å². The highest BCUT2D eigenvalue weighted by molar-refractivity contribution is 5.29. The molecule has 0 bridgehead atoms. The number of nitrogens with two attached hydrogens (primary N) is 1. The molecule has 1 aliphatic carbocycles. The molecule has 2 aromatic carbocycles. The van der Waals surface area contributed by atoms with Crippen molar-refractivity contribution >= 4 is 0 Å². The molecule has 1 heterocycles. The van der Waals surface area contributed by atoms with Crippen LogP contribution < -0.4 is 5.73 Å². The van der Waals surface area contributed by atoms with Gasteiger partial charge in [-0.15, -0.1) is 0 Å². The van der Waals surface area contributed by atoms with Crippen LogP contribution in [0.3, 0.4) is 0 Å². The Balaban J connectivity index is 1.59. The van der Waals surface area contributed by atoms with Gasteiger partial charge in [-0.3, -0.25) is 0 Å². The molecule has 0 amide bonds. The minimum atomic E-state index is -0.169. The third-order valence-corrected chi connectivity index (χ3v) is 7.02. The number of ether oxygens (including phenoxy) is 1. The van der Waals surface area contributed by atoms with Gasteiger partial charge in [-0.25, -0.2) is 4.39 Å². The molecule has 1 spiro atoms. The lowest BCUT2D eigenvalue weighted by Gasteiger charge is -2.47. The Morgan fingerprint density at radius 3 is 2.54 bits per heavy atom. The smallest absolute Gasteiger partial charge is 0.123 e. The fourth-order valence-corrected chi connectivity index (χ4v) is 5.47. The minimum absolute atomic E-state index is 0.0140. The molecular weight excluding hydrogens is 349 g/mol. The Morgan fingerprint density at radius 2 is 1.82 bits per heavy atom. The largest absolute Gasteiger partial charge is 0.375 e. The van der Waals surface area contributed by atoms with Crippen LogP contribution >= 0.6 is 0 Å². The van der Waals surface area contributed by atoms with E-state index in [9.17, 15) is 4.39 Å². The van der Waals surface area contributed by atoms with E-state index in [2.05, 4.69) is 31.2 Å². The zero-order valence-electron chi connectivity index (χ0n) is 16.9. The Kier molecular flexibility index (Phi) is 5.57. The summed E-state index contributed by atoms with van der Waals surface area (Å²) in [6.45, 7) is 2.90. The maximum atomic E-state index is 13.6. The van der Waals surface area contributed by atoms with E-state index in [4.69, 9.17) is 10.5 Å². The number of halogens is 1. The first-order valence-electron chi connectivity index (χ1n) is 10.7. The number of benzene rings is 2. The summed E-state index contributed by atoms with van der Waals surface area (Å²) in [4.78, 5) is 0. The maximum Gasteiger partial charge on any atom is 0.123 e. The van der Waals surface area contributed by atoms with Gasteiger partial charge >= 0.3 is 0 Å². The summed E-state index contributed by atoms with van der Waals surface area (Å²) >= 11 is 0. The quantitative estimate of drug-likeness (QED) is 0.692. The Bertz CT molecular complexity index is 796. The minimum Gasteiger partial charge on any atom is -0.375 e. The van der Waals surface area contributed by atoms with Gasteiger partial charge in [-0.2, -0.15) is 0 Å². The molecule has 0 aromatic heterocycles. The van der Waals surface area contributed by atoms with Gasteiger partial charge in [-0.05, 0) is 68.7 Å². The van der Waals surface area contributed by atoms with Crippen LogP contribution in [-0.4, -0.2) is 12.2 Å². The Hall–Kier alpha value is -1.71. The van der Waals surface area contributed by atoms with Crippen LogP contribution in [-0.2, 0) is 10.2 Å². The van der Waals surface area contributed by atoms with Gasteiger partial charge < -0.3 is 10.5 Å². The van der Waals surface area contributed by atoms with Crippen molar-refractivity contribution in [2.45, 2.75) is 75.3 Å². The molecule has 2 aromatic rings. The molecule has 1 aliphatic heterocycles. The van der Waals surface area contributed by atoms with E-state index >= 15 is 0 Å². The third kappa shape index (κ3) is 4.01. The van der Waals surface area contributed by atoms with E-state index in [0.29, 0.717) is 0 Å². The average Bonchev–Trinajstić information content (AvgIpc) is 3.14. The van der Waals surface area contributed by atoms with Crippen molar-refractivity contribution in [2.24, 2.45) is 5.73 Å². The molecule has 2 nitrogen and oxygen atoms in total. The highest BCUT2D eigenvalue weighted by Gasteiger charge is 2.47. The van der Waals surface area contributed by atoms with Crippen LogP contribution in [0.15, 0.2) is 48.5 Å². The first kappa shape index (κ1) is 19.6. The van der Waals surface area contributed by atoms with Crippen molar-refractivity contribution in [3.8, 4) is 0 Å². The van der Waals surface area contributed by atoms with Crippen molar-refractivity contribution in [3.05, 3.63) is 71.0 Å². The second-order valence-electron chi connectivity index (χ2n) is 9.01. The summed E-state index contributed by atoms with van der Waals surface area (Å²) < 4.78 is 19.9. The topological polar surface area (TPSA) is 35.2 Å². The molecule has 2 aliphatic rings. The lowest BCUT2D eigenvalue weighted by atomic mass is 9.65. The van der Waals surface area contributed by atoms with Gasteiger partial charge in [0.25, 0.3) is 0 Å². The fraction of sp³-hybridized carbons (Fsp3) is 0.520. The lowest BCUT2D eigenvalue weighted by Crippen LogP contribution is -2.46. The zero-order valence-corrected chi connectivity index (χ0v) is 16.9. The number of rotatable bonds is 5. The third-order valence-electron chi connectivity index (χ3n) is 7.02. The molecule has 3 heteroatoms. The number of hydrogen-bond donors (Lipinski definition) is 1. The van der Waals surface area contributed by atoms with Crippen LogP contribution in [0, 0.1) is 12.7 Å². The molecule has 4 rings (SSSR count). The molecule has 1 saturated carbocycles. The average molecular weight is 382 g/mol. The van der Waals surface area contributed by atoms with Gasteiger partial charge in [0.15, 0.2) is 0 Å². The molecule has 28 heavy (non-hydrogen) atoms. The lowest BCUT2D eigenvalue weighted by molar-refractivity contribution is -0.104. The van der Waals surface area contributed by atoms with Crippen molar-refractivity contribution in [3.63, 3.8) is 0 Å². The molecular formula is C25H32FNO. The summed E-state index contributed by atoms with van der Waals surface area (Å²) in [6, 6.07) is 15.7. The summed E-state index contributed by atoms with van der Waals surface area (Å²) in [5.41, 5.74) is 10.3. The number of hydrogen-bond acceptors (Lipinski definition) is 2. The van der Waals surface area contributed by atoms with E-state index < -0.39 is 0 Å². The molecule has 2 atom stereocenters. The van der Waals surface area contributed by atoms with Gasteiger partial charge in [-0.1, -0.05) is 54.8 Å². The van der Waals surface area contributed by atoms with Crippen LogP contribution in [0.2, 0.25) is 0 Å². The standard InChI is InChI=1S/C25H32FNO/c1-19-5-4-6-20(17-19)23(27)11-14-24(21-7-9-22(26)10-8-21)15-16-28-25(18-24)12-2-3-13-25/h4-10,17,23H,2-3,11-16,18,27H2,1H3/t23?,24-/m1/s1. The van der Waals surface area contributed by atoms with Gasteiger partial charge in [0.05, 0.1) is 5.60 Å². The van der Waals surface area contributed by atoms with Crippen LogP contribution in [0.1, 0.15) is 74.1 Å². The SMILES string of the molecule is Cc1cccc(C(N)CC[C@@]2(c3ccc(F)cc3)CCOC3(CCCC3)C2)c1. The Morgan fingerprint density at radius 1 is 1.07 bits per heavy atom. The second kappa shape index (κ2) is 7.96. The molecule has 1 saturated heterocycles. The Labute approximate surface area is 168 Å². The fourth-order valence-electron chi connectivity index (χ4n) is 5.47. The number of aryl methyl sites for hydroxylation is 1. The maximum absolute atomic E-state index is 13.6. The summed E-state index contributed by atoms with van der Waals surface area (Å²) in [6.07, 6.45) is 8.77. The van der Waals surface area contributed by atoms with Gasteiger partial charge in [0.2, 0.25) is 0 Å². The van der Waals surface area contributed by atoms with Crippen molar-refractivity contribution in [2.75, 3.05) is 6.61 Å². The predicted octanol–water partition coefficient (Wildman–Crippen LogP) is 5.98. The first-order valence-corrected chi connectivity index (χ1v) is 10.7. The normalized spacial score (nSPS) is 25.1. The summed E-state index contributed by atoms with van der Waals surface area (Å²) in [5, 5.41) is 0.